The minimum absolute atomic E-state index is 0.130. The molecule has 18 heavy (non-hydrogen) atoms. The lowest BCUT2D eigenvalue weighted by Gasteiger charge is -2.19. The molecule has 4 heteroatoms. The molecule has 4 nitrogen and oxygen atoms in total. The van der Waals surface area contributed by atoms with E-state index in [-0.39, 0.29) is 18.1 Å². The van der Waals surface area contributed by atoms with Crippen molar-refractivity contribution in [1.82, 2.24) is 10.2 Å². The van der Waals surface area contributed by atoms with Crippen molar-refractivity contribution in [3.05, 3.63) is 0 Å². The van der Waals surface area contributed by atoms with Crippen molar-refractivity contribution in [2.45, 2.75) is 51.7 Å². The van der Waals surface area contributed by atoms with Gasteiger partial charge in [0.2, 0.25) is 5.91 Å². The first-order chi connectivity index (χ1) is 8.60. The molecule has 0 aromatic heterocycles. The summed E-state index contributed by atoms with van der Waals surface area (Å²) >= 11 is 0. The number of hydrogen-bond donors (Lipinski definition) is 2. The molecule has 0 radical (unpaired) electrons. The zero-order valence-electron chi connectivity index (χ0n) is 11.6. The Hall–Kier alpha value is -0.610. The minimum atomic E-state index is -0.137. The van der Waals surface area contributed by atoms with Crippen LogP contribution in [0, 0.1) is 11.8 Å². The highest BCUT2D eigenvalue weighted by atomic mass is 16.3. The molecule has 0 bridgehead atoms. The predicted octanol–water partition coefficient (Wildman–Crippen LogP) is 0.994. The van der Waals surface area contributed by atoms with Gasteiger partial charge >= 0.3 is 0 Å². The Kier molecular flexibility index (Phi) is 4.62. The Morgan fingerprint density at radius 3 is 2.89 bits per heavy atom. The molecule has 104 valence electrons. The van der Waals surface area contributed by atoms with E-state index in [1.807, 2.05) is 0 Å². The summed E-state index contributed by atoms with van der Waals surface area (Å²) in [7, 11) is 0. The molecule has 0 aromatic carbocycles. The summed E-state index contributed by atoms with van der Waals surface area (Å²) in [6.45, 7) is 6.56. The van der Waals surface area contributed by atoms with Gasteiger partial charge in [-0.15, -0.1) is 0 Å². The van der Waals surface area contributed by atoms with Crippen LogP contribution in [0.25, 0.3) is 0 Å². The summed E-state index contributed by atoms with van der Waals surface area (Å²) in [5, 5.41) is 12.9. The third-order valence-electron chi connectivity index (χ3n) is 4.39. The maximum Gasteiger partial charge on any atom is 0.234 e. The number of nitrogens with zero attached hydrogens (tertiary/aromatic N) is 1. The first kappa shape index (κ1) is 13.8. The molecule has 1 aliphatic carbocycles. The molecular formula is C14H26N2O2. The van der Waals surface area contributed by atoms with Crippen LogP contribution in [0.4, 0.5) is 0 Å². The molecular weight excluding hydrogens is 228 g/mol. The van der Waals surface area contributed by atoms with Gasteiger partial charge in [0.05, 0.1) is 12.6 Å². The first-order valence-electron chi connectivity index (χ1n) is 7.30. The number of carbonyl (C=O) groups is 1. The highest BCUT2D eigenvalue weighted by molar-refractivity contribution is 5.78. The average molecular weight is 254 g/mol. The molecule has 1 saturated heterocycles. The van der Waals surface area contributed by atoms with Crippen molar-refractivity contribution in [2.75, 3.05) is 19.6 Å². The Bertz CT molecular complexity index is 296. The number of amides is 1. The van der Waals surface area contributed by atoms with Crippen LogP contribution in [0.1, 0.15) is 39.5 Å². The largest absolute Gasteiger partial charge is 0.393 e. The number of carbonyl (C=O) groups excluding carboxylic acids is 1. The molecule has 1 amide bonds. The molecule has 4 unspecified atom stereocenters. The van der Waals surface area contributed by atoms with Gasteiger partial charge < -0.3 is 10.4 Å². The fourth-order valence-corrected chi connectivity index (χ4v) is 3.49. The van der Waals surface area contributed by atoms with Crippen LogP contribution in [-0.4, -0.2) is 47.7 Å². The van der Waals surface area contributed by atoms with E-state index >= 15 is 0 Å². The van der Waals surface area contributed by atoms with Crippen LogP contribution in [0.2, 0.25) is 0 Å². The lowest BCUT2D eigenvalue weighted by molar-refractivity contribution is -0.122. The fraction of sp³-hybridized carbons (Fsp3) is 0.929. The summed E-state index contributed by atoms with van der Waals surface area (Å²) in [4.78, 5) is 14.1. The molecule has 1 saturated carbocycles. The average Bonchev–Trinajstić information content (AvgIpc) is 2.81. The summed E-state index contributed by atoms with van der Waals surface area (Å²) in [6, 6.07) is 0.273. The Labute approximate surface area is 110 Å². The number of likely N-dealkylation sites (tertiary alicyclic amines) is 1. The number of aliphatic hydroxyl groups is 1. The van der Waals surface area contributed by atoms with Crippen molar-refractivity contribution in [2.24, 2.45) is 11.8 Å². The van der Waals surface area contributed by atoms with Crippen molar-refractivity contribution in [3.8, 4) is 0 Å². The van der Waals surface area contributed by atoms with E-state index in [9.17, 15) is 9.90 Å². The first-order valence-corrected chi connectivity index (χ1v) is 7.30. The highest BCUT2D eigenvalue weighted by Crippen LogP contribution is 2.37. The molecule has 2 aliphatic rings. The van der Waals surface area contributed by atoms with Gasteiger partial charge in [-0.2, -0.15) is 0 Å². The van der Waals surface area contributed by atoms with Crippen LogP contribution in [0.15, 0.2) is 0 Å². The lowest BCUT2D eigenvalue weighted by Crippen LogP contribution is -2.40. The van der Waals surface area contributed by atoms with Gasteiger partial charge in [-0.3, -0.25) is 9.69 Å². The predicted molar refractivity (Wildman–Crippen MR) is 71.2 cm³/mol. The Morgan fingerprint density at radius 1 is 1.44 bits per heavy atom. The van der Waals surface area contributed by atoms with E-state index in [0.717, 1.165) is 38.8 Å². The molecule has 0 spiro atoms. The smallest absolute Gasteiger partial charge is 0.234 e. The van der Waals surface area contributed by atoms with Crippen molar-refractivity contribution in [1.29, 1.82) is 0 Å². The second-order valence-corrected chi connectivity index (χ2v) is 6.02. The molecule has 0 aromatic rings. The summed E-state index contributed by atoms with van der Waals surface area (Å²) < 4.78 is 0. The van der Waals surface area contributed by atoms with E-state index in [0.29, 0.717) is 18.4 Å². The van der Waals surface area contributed by atoms with Crippen LogP contribution in [0.5, 0.6) is 0 Å². The van der Waals surface area contributed by atoms with Crippen molar-refractivity contribution >= 4 is 5.91 Å². The van der Waals surface area contributed by atoms with Gasteiger partial charge in [-0.25, -0.2) is 0 Å². The van der Waals surface area contributed by atoms with Crippen LogP contribution >= 0.6 is 0 Å². The molecule has 4 atom stereocenters. The maximum atomic E-state index is 11.9. The van der Waals surface area contributed by atoms with E-state index in [4.69, 9.17) is 0 Å². The fourth-order valence-electron chi connectivity index (χ4n) is 3.49. The van der Waals surface area contributed by atoms with Gasteiger partial charge in [0.25, 0.3) is 0 Å². The number of hydrogen-bond acceptors (Lipinski definition) is 3. The summed E-state index contributed by atoms with van der Waals surface area (Å²) in [5.41, 5.74) is 0. The van der Waals surface area contributed by atoms with Gasteiger partial charge in [0.1, 0.15) is 0 Å². The quantitative estimate of drug-likeness (QED) is 0.769. The van der Waals surface area contributed by atoms with E-state index in [1.165, 1.54) is 0 Å². The lowest BCUT2D eigenvalue weighted by atomic mass is 10.00. The second-order valence-electron chi connectivity index (χ2n) is 6.02. The SMILES string of the molecule is CCCC(C)NC(=O)CN1CC2CCC(O)C2C1. The van der Waals surface area contributed by atoms with E-state index in [2.05, 4.69) is 24.1 Å². The monoisotopic (exact) mass is 254 g/mol. The van der Waals surface area contributed by atoms with Crippen molar-refractivity contribution < 1.29 is 9.90 Å². The van der Waals surface area contributed by atoms with Crippen LogP contribution < -0.4 is 5.32 Å². The highest BCUT2D eigenvalue weighted by Gasteiger charge is 2.41. The molecule has 1 heterocycles. The topological polar surface area (TPSA) is 52.6 Å². The third kappa shape index (κ3) is 3.23. The van der Waals surface area contributed by atoms with Gasteiger partial charge in [0.15, 0.2) is 0 Å². The molecule has 2 fully saturated rings. The Balaban J connectivity index is 1.73. The van der Waals surface area contributed by atoms with Gasteiger partial charge in [0, 0.05) is 25.0 Å². The third-order valence-corrected chi connectivity index (χ3v) is 4.39. The standard InChI is InChI=1S/C14H26N2O2/c1-3-4-10(2)15-14(18)9-16-7-11-5-6-13(17)12(11)8-16/h10-13,17H,3-9H2,1-2H3,(H,15,18). The summed E-state index contributed by atoms with van der Waals surface area (Å²) in [6.07, 6.45) is 4.07. The van der Waals surface area contributed by atoms with E-state index < -0.39 is 0 Å². The molecule has 2 N–H and O–H groups in total. The van der Waals surface area contributed by atoms with Crippen LogP contribution in [-0.2, 0) is 4.79 Å². The zero-order chi connectivity index (χ0) is 13.1. The van der Waals surface area contributed by atoms with Gasteiger partial charge in [-0.05, 0) is 32.1 Å². The maximum absolute atomic E-state index is 11.9. The number of fused-ring (bicyclic) bond motifs is 1. The molecule has 2 rings (SSSR count). The minimum Gasteiger partial charge on any atom is -0.393 e. The second kappa shape index (κ2) is 6.02. The van der Waals surface area contributed by atoms with Crippen LogP contribution in [0.3, 0.4) is 0 Å². The van der Waals surface area contributed by atoms with Gasteiger partial charge in [-0.1, -0.05) is 13.3 Å². The normalized spacial score (nSPS) is 33.4. The van der Waals surface area contributed by atoms with Crippen molar-refractivity contribution in [3.63, 3.8) is 0 Å². The zero-order valence-corrected chi connectivity index (χ0v) is 11.6. The number of aliphatic hydroxyl groups excluding tert-OH is 1. The number of rotatable bonds is 5. The summed E-state index contributed by atoms with van der Waals surface area (Å²) in [5.74, 6) is 1.15. The number of nitrogens with one attached hydrogen (secondary N) is 1. The van der Waals surface area contributed by atoms with E-state index in [1.54, 1.807) is 0 Å². The Morgan fingerprint density at radius 2 is 2.22 bits per heavy atom. The molecule has 1 aliphatic heterocycles.